The molecule has 0 spiro atoms. The maximum Gasteiger partial charge on any atom is 0.332 e. The summed E-state index contributed by atoms with van der Waals surface area (Å²) < 4.78 is 0. The van der Waals surface area contributed by atoms with Crippen molar-refractivity contribution >= 4 is 5.97 Å². The maximum absolute atomic E-state index is 9.45. The third kappa shape index (κ3) is 24.8. The van der Waals surface area contributed by atoms with E-state index in [1.807, 2.05) is 0 Å². The second kappa shape index (κ2) is 17.4. The monoisotopic (exact) mass is 303 g/mol. The molecule has 21 heavy (non-hydrogen) atoms. The molecule has 0 aliphatic rings. The number of carboxylic acids is 1. The van der Waals surface area contributed by atoms with Crippen LogP contribution in [0.15, 0.2) is 0 Å². The molecule has 0 fully saturated rings. The van der Waals surface area contributed by atoms with Crippen molar-refractivity contribution in [2.75, 3.05) is 0 Å². The Morgan fingerprint density at radius 3 is 1.52 bits per heavy atom. The first-order chi connectivity index (χ1) is 9.91. The third-order valence-corrected chi connectivity index (χ3v) is 3.37. The number of aliphatic hydroxyl groups excluding tert-OH is 1. The maximum atomic E-state index is 9.45. The van der Waals surface area contributed by atoms with Crippen LogP contribution in [0.3, 0.4) is 0 Å². The van der Waals surface area contributed by atoms with Crippen LogP contribution in [-0.2, 0) is 4.79 Å². The molecule has 2 atom stereocenters. The van der Waals surface area contributed by atoms with Crippen molar-refractivity contribution in [1.29, 1.82) is 0 Å². The van der Waals surface area contributed by atoms with E-state index in [1.54, 1.807) is 0 Å². The molecule has 0 rings (SSSR count). The second-order valence-electron chi connectivity index (χ2n) is 5.96. The summed E-state index contributed by atoms with van der Waals surface area (Å²) in [6.45, 7) is 5.58. The van der Waals surface area contributed by atoms with Crippen LogP contribution < -0.4 is 5.73 Å². The molecule has 0 aromatic carbocycles. The fourth-order valence-corrected chi connectivity index (χ4v) is 1.95. The minimum absolute atomic E-state index is 0.402. The Balaban J connectivity index is 0. The van der Waals surface area contributed by atoms with Crippen LogP contribution in [0.1, 0.15) is 91.4 Å². The van der Waals surface area contributed by atoms with Crippen molar-refractivity contribution in [3.05, 3.63) is 0 Å². The Hall–Kier alpha value is -0.610. The largest absolute Gasteiger partial charge is 0.479 e. The summed E-state index contributed by atoms with van der Waals surface area (Å²) in [6.07, 6.45) is 14.1. The fraction of sp³-hybridized carbons (Fsp3) is 0.941. The second-order valence-corrected chi connectivity index (χ2v) is 5.96. The van der Waals surface area contributed by atoms with Gasteiger partial charge in [0, 0.05) is 6.04 Å². The lowest BCUT2D eigenvalue weighted by molar-refractivity contribution is -0.145. The van der Waals surface area contributed by atoms with Gasteiger partial charge in [0.15, 0.2) is 0 Å². The van der Waals surface area contributed by atoms with E-state index in [4.69, 9.17) is 15.9 Å². The molecular formula is C17H37NO3. The molecule has 0 amide bonds. The highest BCUT2D eigenvalue weighted by Crippen LogP contribution is 2.11. The molecule has 128 valence electrons. The van der Waals surface area contributed by atoms with E-state index in [2.05, 4.69) is 13.8 Å². The molecule has 0 aliphatic carbocycles. The fourth-order valence-electron chi connectivity index (χ4n) is 1.95. The van der Waals surface area contributed by atoms with Crippen LogP contribution in [0.4, 0.5) is 0 Å². The predicted molar refractivity (Wildman–Crippen MR) is 89.4 cm³/mol. The normalized spacial score (nSPS) is 13.2. The molecule has 4 heteroatoms. The number of rotatable bonds is 12. The summed E-state index contributed by atoms with van der Waals surface area (Å²) in [5.41, 5.74) is 5.70. The van der Waals surface area contributed by atoms with Crippen molar-refractivity contribution in [2.45, 2.75) is 104 Å². The van der Waals surface area contributed by atoms with E-state index in [0.717, 1.165) is 0 Å². The van der Waals surface area contributed by atoms with Crippen LogP contribution >= 0.6 is 0 Å². The summed E-state index contributed by atoms with van der Waals surface area (Å²) in [7, 11) is 0. The van der Waals surface area contributed by atoms with Gasteiger partial charge < -0.3 is 15.9 Å². The molecule has 0 saturated heterocycles. The molecule has 0 bridgehead atoms. The molecule has 0 radical (unpaired) electrons. The van der Waals surface area contributed by atoms with E-state index in [9.17, 15) is 4.79 Å². The topological polar surface area (TPSA) is 83.5 Å². The lowest BCUT2D eigenvalue weighted by atomic mass is 10.0. The first-order valence-electron chi connectivity index (χ1n) is 8.58. The van der Waals surface area contributed by atoms with Crippen LogP contribution in [0.2, 0.25) is 0 Å². The average Bonchev–Trinajstić information content (AvgIpc) is 2.41. The van der Waals surface area contributed by atoms with Crippen LogP contribution in [-0.4, -0.2) is 28.3 Å². The van der Waals surface area contributed by atoms with Crippen molar-refractivity contribution in [2.24, 2.45) is 5.73 Å². The molecule has 4 N–H and O–H groups in total. The van der Waals surface area contributed by atoms with Gasteiger partial charge in [0.2, 0.25) is 0 Å². The lowest BCUT2D eigenvalue weighted by Crippen LogP contribution is -2.13. The molecule has 0 aromatic heterocycles. The van der Waals surface area contributed by atoms with Gasteiger partial charge in [-0.3, -0.25) is 0 Å². The highest BCUT2D eigenvalue weighted by molar-refractivity contribution is 5.71. The molecular weight excluding hydrogens is 266 g/mol. The number of unbranched alkanes of at least 4 members (excludes halogenated alkanes) is 9. The number of hydrogen-bond donors (Lipinski definition) is 3. The number of aliphatic carboxylic acids is 1. The molecule has 0 aliphatic heterocycles. The minimum atomic E-state index is -1.23. The van der Waals surface area contributed by atoms with Gasteiger partial charge in [-0.15, -0.1) is 0 Å². The zero-order chi connectivity index (χ0) is 16.5. The van der Waals surface area contributed by atoms with Crippen LogP contribution in [0.5, 0.6) is 0 Å². The number of aliphatic hydroxyl groups is 1. The van der Waals surface area contributed by atoms with E-state index in [1.165, 1.54) is 77.6 Å². The summed E-state index contributed by atoms with van der Waals surface area (Å²) in [4.78, 5) is 9.45. The third-order valence-electron chi connectivity index (χ3n) is 3.37. The number of carboxylic acid groups (broad SMARTS) is 1. The average molecular weight is 303 g/mol. The van der Waals surface area contributed by atoms with Crippen LogP contribution in [0.25, 0.3) is 0 Å². The van der Waals surface area contributed by atoms with Gasteiger partial charge in [0.1, 0.15) is 6.10 Å². The van der Waals surface area contributed by atoms with Crippen molar-refractivity contribution in [1.82, 2.24) is 0 Å². The molecule has 0 heterocycles. The van der Waals surface area contributed by atoms with Gasteiger partial charge in [-0.25, -0.2) is 4.79 Å². The predicted octanol–water partition coefficient (Wildman–Crippen LogP) is 4.10. The van der Waals surface area contributed by atoms with E-state index >= 15 is 0 Å². The summed E-state index contributed by atoms with van der Waals surface area (Å²) >= 11 is 0. The zero-order valence-corrected chi connectivity index (χ0v) is 14.3. The molecule has 0 saturated carbocycles. The first kappa shape index (κ1) is 22.7. The van der Waals surface area contributed by atoms with E-state index in [0.29, 0.717) is 6.04 Å². The Morgan fingerprint density at radius 2 is 1.24 bits per heavy atom. The number of hydrogen-bond acceptors (Lipinski definition) is 3. The van der Waals surface area contributed by atoms with Gasteiger partial charge >= 0.3 is 5.97 Å². The highest BCUT2D eigenvalue weighted by Gasteiger charge is 2.01. The summed E-state index contributed by atoms with van der Waals surface area (Å²) in [6, 6.07) is 0.402. The van der Waals surface area contributed by atoms with Gasteiger partial charge in [0.05, 0.1) is 0 Å². The smallest absolute Gasteiger partial charge is 0.332 e. The standard InChI is InChI=1S/C14H31N.C3H6O3/c1-3-4-5-6-7-8-9-10-11-12-13-14(2)15;1-2(4)3(5)6/h14H,3-13,15H2,1-2H3;2,4H,1H3,(H,5,6). The van der Waals surface area contributed by atoms with Gasteiger partial charge in [0.25, 0.3) is 0 Å². The quantitative estimate of drug-likeness (QED) is 0.474. The van der Waals surface area contributed by atoms with Gasteiger partial charge in [-0.1, -0.05) is 71.1 Å². The molecule has 2 unspecified atom stereocenters. The molecule has 0 aromatic rings. The summed E-state index contributed by atoms with van der Waals surface area (Å²) in [5, 5.41) is 15.8. The van der Waals surface area contributed by atoms with Gasteiger partial charge in [-0.2, -0.15) is 0 Å². The van der Waals surface area contributed by atoms with E-state index in [-0.39, 0.29) is 0 Å². The Labute approximate surface area is 131 Å². The minimum Gasteiger partial charge on any atom is -0.479 e. The first-order valence-corrected chi connectivity index (χ1v) is 8.58. The van der Waals surface area contributed by atoms with Crippen molar-refractivity contribution in [3.63, 3.8) is 0 Å². The van der Waals surface area contributed by atoms with Crippen molar-refractivity contribution < 1.29 is 15.0 Å². The Morgan fingerprint density at radius 1 is 0.905 bits per heavy atom. The van der Waals surface area contributed by atoms with Crippen molar-refractivity contribution in [3.8, 4) is 0 Å². The zero-order valence-electron chi connectivity index (χ0n) is 14.3. The highest BCUT2D eigenvalue weighted by atomic mass is 16.4. The number of carbonyl (C=O) groups is 1. The SMILES string of the molecule is CC(O)C(=O)O.CCCCCCCCCCCCC(C)N. The van der Waals surface area contributed by atoms with Gasteiger partial charge in [-0.05, 0) is 20.3 Å². The Kier molecular flexibility index (Phi) is 18.8. The van der Waals surface area contributed by atoms with Crippen LogP contribution in [0, 0.1) is 0 Å². The lowest BCUT2D eigenvalue weighted by Gasteiger charge is -2.04. The summed E-state index contributed by atoms with van der Waals surface area (Å²) in [5.74, 6) is -1.19. The van der Waals surface area contributed by atoms with E-state index < -0.39 is 12.1 Å². The Bertz CT molecular complexity index is 218. The number of nitrogens with two attached hydrogens (primary N) is 1. The molecule has 4 nitrogen and oxygen atoms in total.